The van der Waals surface area contributed by atoms with E-state index in [1.165, 1.54) is 10.6 Å². The average Bonchev–Trinajstić information content (AvgIpc) is 3.02. The number of carbonyl (C=O) groups is 3. The highest BCUT2D eigenvalue weighted by atomic mass is 16.6. The molecule has 0 radical (unpaired) electrons. The van der Waals surface area contributed by atoms with Crippen LogP contribution in [0, 0.1) is 12.3 Å². The van der Waals surface area contributed by atoms with Crippen LogP contribution >= 0.6 is 0 Å². The van der Waals surface area contributed by atoms with E-state index in [-0.39, 0.29) is 35.6 Å². The molecule has 2 fully saturated rings. The third kappa shape index (κ3) is 4.50. The van der Waals surface area contributed by atoms with Gasteiger partial charge in [-0.3, -0.25) is 23.6 Å². The molecule has 4 rings (SSSR count). The maximum absolute atomic E-state index is 13.0. The zero-order chi connectivity index (χ0) is 23.5. The number of aromatic nitrogens is 2. The van der Waals surface area contributed by atoms with Gasteiger partial charge in [0.25, 0.3) is 17.9 Å². The summed E-state index contributed by atoms with van der Waals surface area (Å²) >= 11 is 0. The number of nitrogens with zero attached hydrogens (tertiary/aromatic N) is 4. The first-order chi connectivity index (χ1) is 15.2. The number of carboxylic acid groups (broad SMARTS) is 1. The highest BCUT2D eigenvalue weighted by Gasteiger charge is 2.50. The summed E-state index contributed by atoms with van der Waals surface area (Å²) in [5, 5.41) is 6.89. The summed E-state index contributed by atoms with van der Waals surface area (Å²) in [7, 11) is 3.91. The lowest BCUT2D eigenvalue weighted by atomic mass is 9.76. The molecule has 172 valence electrons. The molecular weight excluding hydrogens is 416 g/mol. The molecule has 2 aliphatic rings. The maximum atomic E-state index is 13.0. The number of ether oxygens (including phenoxy) is 1. The summed E-state index contributed by atoms with van der Waals surface area (Å²) in [6.07, 6.45) is 3.06. The second-order valence-electron chi connectivity index (χ2n) is 8.51. The number of piperidine rings is 1. The molecule has 0 aliphatic carbocycles. The first-order valence-electron chi connectivity index (χ1n) is 10.4. The van der Waals surface area contributed by atoms with Crippen LogP contribution in [0.3, 0.4) is 0 Å². The van der Waals surface area contributed by atoms with Crippen molar-refractivity contribution in [3.63, 3.8) is 0 Å². The predicted octanol–water partition coefficient (Wildman–Crippen LogP) is 0.803. The first-order valence-corrected chi connectivity index (χ1v) is 10.4. The Morgan fingerprint density at radius 3 is 2.59 bits per heavy atom. The van der Waals surface area contributed by atoms with E-state index < -0.39 is 5.41 Å². The SMILES string of the molecule is Cc1cccc2ncc(C(=O)N3CCC4(CC3)CC(CN(C)C)OC4=O)c(=O)n12.O=CO. The van der Waals surface area contributed by atoms with Gasteiger partial charge < -0.3 is 19.6 Å². The van der Waals surface area contributed by atoms with E-state index in [9.17, 15) is 14.4 Å². The Bertz CT molecular complexity index is 1070. The van der Waals surface area contributed by atoms with E-state index in [2.05, 4.69) is 4.98 Å². The Morgan fingerprint density at radius 2 is 1.97 bits per heavy atom. The Morgan fingerprint density at radius 1 is 1.31 bits per heavy atom. The van der Waals surface area contributed by atoms with Crippen molar-refractivity contribution in [1.82, 2.24) is 19.2 Å². The lowest BCUT2D eigenvalue weighted by Gasteiger charge is -2.36. The predicted molar refractivity (Wildman–Crippen MR) is 116 cm³/mol. The van der Waals surface area contributed by atoms with Crippen molar-refractivity contribution in [3.8, 4) is 0 Å². The van der Waals surface area contributed by atoms with Gasteiger partial charge in [-0.15, -0.1) is 0 Å². The van der Waals surface area contributed by atoms with Crippen molar-refractivity contribution in [1.29, 1.82) is 0 Å². The standard InChI is InChI=1S/C21H26N4O4.CH2O2/c1-14-5-4-6-17-22-12-16(19(27)25(14)17)18(26)24-9-7-21(8-10-24)11-15(13-23(2)3)29-20(21)28;2-1-3/h4-6,12,15H,7-11,13H2,1-3H3;1H,(H,2,3). The van der Waals surface area contributed by atoms with Crippen LogP contribution in [0.5, 0.6) is 0 Å². The van der Waals surface area contributed by atoms with Crippen molar-refractivity contribution in [2.75, 3.05) is 33.7 Å². The van der Waals surface area contributed by atoms with Crippen molar-refractivity contribution in [2.24, 2.45) is 5.41 Å². The van der Waals surface area contributed by atoms with Gasteiger partial charge in [0, 0.05) is 37.9 Å². The second-order valence-corrected chi connectivity index (χ2v) is 8.51. The third-order valence-electron chi connectivity index (χ3n) is 6.06. The van der Waals surface area contributed by atoms with Crippen LogP contribution in [0.4, 0.5) is 0 Å². The van der Waals surface area contributed by atoms with Crippen LogP contribution < -0.4 is 5.56 Å². The zero-order valence-corrected chi connectivity index (χ0v) is 18.5. The number of esters is 1. The fourth-order valence-electron chi connectivity index (χ4n) is 4.48. The Labute approximate surface area is 185 Å². The minimum Gasteiger partial charge on any atom is -0.483 e. The molecule has 0 bridgehead atoms. The monoisotopic (exact) mass is 444 g/mol. The number of likely N-dealkylation sites (N-methyl/N-ethyl adjacent to an activating group) is 1. The Balaban J connectivity index is 0.000000913. The second kappa shape index (κ2) is 9.47. The van der Waals surface area contributed by atoms with E-state index in [0.29, 0.717) is 44.5 Å². The van der Waals surface area contributed by atoms with Crippen molar-refractivity contribution < 1.29 is 24.2 Å². The van der Waals surface area contributed by atoms with Crippen LogP contribution in [-0.2, 0) is 14.3 Å². The van der Waals surface area contributed by atoms with E-state index >= 15 is 0 Å². The van der Waals surface area contributed by atoms with Gasteiger partial charge in [0.05, 0.1) is 5.41 Å². The van der Waals surface area contributed by atoms with E-state index in [4.69, 9.17) is 14.6 Å². The summed E-state index contributed by atoms with van der Waals surface area (Å²) in [6.45, 7) is 3.12. The lowest BCUT2D eigenvalue weighted by Crippen LogP contribution is -2.46. The van der Waals surface area contributed by atoms with Crippen LogP contribution in [0.25, 0.3) is 5.65 Å². The molecule has 1 atom stereocenters. The van der Waals surface area contributed by atoms with Gasteiger partial charge in [-0.2, -0.15) is 0 Å². The van der Waals surface area contributed by atoms with Crippen LogP contribution in [0.1, 0.15) is 35.3 Å². The van der Waals surface area contributed by atoms with Gasteiger partial charge in [0.1, 0.15) is 17.3 Å². The molecule has 10 nitrogen and oxygen atoms in total. The number of rotatable bonds is 3. The largest absolute Gasteiger partial charge is 0.483 e. The van der Waals surface area contributed by atoms with E-state index in [1.54, 1.807) is 11.0 Å². The van der Waals surface area contributed by atoms with Crippen LogP contribution in [0.15, 0.2) is 29.2 Å². The van der Waals surface area contributed by atoms with Gasteiger partial charge in [0.15, 0.2) is 0 Å². The molecule has 1 spiro atoms. The summed E-state index contributed by atoms with van der Waals surface area (Å²) in [6, 6.07) is 5.38. The Kier molecular flexibility index (Phi) is 6.93. The summed E-state index contributed by atoms with van der Waals surface area (Å²) in [5.41, 5.74) is 0.444. The minimum absolute atomic E-state index is 0.0623. The molecule has 0 aromatic carbocycles. The van der Waals surface area contributed by atoms with Crippen molar-refractivity contribution >= 4 is 24.0 Å². The molecule has 1 N–H and O–H groups in total. The number of fused-ring (bicyclic) bond motifs is 1. The summed E-state index contributed by atoms with van der Waals surface area (Å²) < 4.78 is 7.04. The number of carbonyl (C=O) groups excluding carboxylic acids is 2. The van der Waals surface area contributed by atoms with Crippen LogP contribution in [-0.4, -0.2) is 82.5 Å². The van der Waals surface area contributed by atoms with Gasteiger partial charge in [-0.25, -0.2) is 4.98 Å². The zero-order valence-electron chi connectivity index (χ0n) is 18.5. The normalized spacial score (nSPS) is 19.6. The highest BCUT2D eigenvalue weighted by molar-refractivity contribution is 5.94. The fraction of sp³-hybridized carbons (Fsp3) is 0.500. The summed E-state index contributed by atoms with van der Waals surface area (Å²) in [4.78, 5) is 54.7. The van der Waals surface area contributed by atoms with E-state index in [0.717, 1.165) is 5.69 Å². The smallest absolute Gasteiger partial charge is 0.312 e. The number of likely N-dealkylation sites (tertiary alicyclic amines) is 1. The van der Waals surface area contributed by atoms with Gasteiger partial charge in [-0.1, -0.05) is 6.07 Å². The van der Waals surface area contributed by atoms with Crippen LogP contribution in [0.2, 0.25) is 0 Å². The number of amides is 1. The number of pyridine rings is 1. The Hall–Kier alpha value is -3.27. The molecule has 2 aromatic rings. The lowest BCUT2D eigenvalue weighted by molar-refractivity contribution is -0.150. The third-order valence-corrected chi connectivity index (χ3v) is 6.06. The number of aryl methyl sites for hydroxylation is 1. The molecule has 0 saturated carbocycles. The van der Waals surface area contributed by atoms with Crippen molar-refractivity contribution in [3.05, 3.63) is 46.0 Å². The molecule has 2 aliphatic heterocycles. The summed E-state index contributed by atoms with van der Waals surface area (Å²) in [5.74, 6) is -0.481. The average molecular weight is 444 g/mol. The molecule has 1 amide bonds. The topological polar surface area (TPSA) is 122 Å². The van der Waals surface area contributed by atoms with E-state index in [1.807, 2.05) is 38.1 Å². The number of cyclic esters (lactones) is 1. The van der Waals surface area contributed by atoms with Gasteiger partial charge >= 0.3 is 5.97 Å². The molecule has 2 saturated heterocycles. The molecule has 4 heterocycles. The minimum atomic E-state index is -0.509. The van der Waals surface area contributed by atoms with Gasteiger partial charge in [0.2, 0.25) is 0 Å². The molecule has 10 heteroatoms. The maximum Gasteiger partial charge on any atom is 0.312 e. The molecule has 1 unspecified atom stereocenters. The fourth-order valence-corrected chi connectivity index (χ4v) is 4.48. The van der Waals surface area contributed by atoms with Gasteiger partial charge in [-0.05, 0) is 46.0 Å². The number of hydrogen-bond acceptors (Lipinski definition) is 7. The quantitative estimate of drug-likeness (QED) is 0.545. The highest BCUT2D eigenvalue weighted by Crippen LogP contribution is 2.43. The molecule has 32 heavy (non-hydrogen) atoms. The van der Waals surface area contributed by atoms with Crippen molar-refractivity contribution in [2.45, 2.75) is 32.3 Å². The number of hydrogen-bond donors (Lipinski definition) is 1. The molecular formula is C22H28N4O6. The molecule has 2 aromatic heterocycles. The first kappa shape index (κ1) is 23.4.